The van der Waals surface area contributed by atoms with Crippen molar-refractivity contribution in [2.24, 2.45) is 5.10 Å². The molecule has 17 heavy (non-hydrogen) atoms. The molecule has 1 amide bonds. The molecule has 2 rings (SSSR count). The van der Waals surface area contributed by atoms with Gasteiger partial charge >= 0.3 is 0 Å². The van der Waals surface area contributed by atoms with Crippen molar-refractivity contribution in [3.8, 4) is 0 Å². The molecule has 0 bridgehead atoms. The van der Waals surface area contributed by atoms with E-state index in [1.165, 1.54) is 12.4 Å². The van der Waals surface area contributed by atoms with E-state index in [0.29, 0.717) is 11.3 Å². The molecule has 0 atom stereocenters. The third kappa shape index (κ3) is 3.16. The van der Waals surface area contributed by atoms with Gasteiger partial charge < -0.3 is 0 Å². The first-order chi connectivity index (χ1) is 8.36. The van der Waals surface area contributed by atoms with E-state index in [0.717, 1.165) is 0 Å². The normalized spacial score (nSPS) is 10.4. The molecule has 84 valence electrons. The first kappa shape index (κ1) is 10.9. The van der Waals surface area contributed by atoms with Crippen LogP contribution in [0.25, 0.3) is 0 Å². The second kappa shape index (κ2) is 5.45. The molecule has 0 aromatic carbocycles. The predicted octanol–water partition coefficient (Wildman–Crippen LogP) is 0.635. The van der Waals surface area contributed by atoms with Gasteiger partial charge in [0.1, 0.15) is 5.69 Å². The number of carbonyl (C=O) groups excluding carboxylic acids is 1. The highest BCUT2D eigenvalue weighted by Crippen LogP contribution is 1.94. The fourth-order valence-electron chi connectivity index (χ4n) is 1.10. The van der Waals surface area contributed by atoms with Crippen LogP contribution in [0, 0.1) is 0 Å². The largest absolute Gasteiger partial charge is 0.272 e. The maximum atomic E-state index is 11.5. The lowest BCUT2D eigenvalue weighted by molar-refractivity contribution is 0.0955. The molecule has 0 spiro atoms. The van der Waals surface area contributed by atoms with Gasteiger partial charge in [0, 0.05) is 24.8 Å². The summed E-state index contributed by atoms with van der Waals surface area (Å²) in [6, 6.07) is 3.33. The summed E-state index contributed by atoms with van der Waals surface area (Å²) in [6.45, 7) is 0. The molecule has 0 saturated carbocycles. The highest BCUT2D eigenvalue weighted by molar-refractivity contribution is 5.94. The van der Waals surface area contributed by atoms with Crippen LogP contribution < -0.4 is 5.43 Å². The van der Waals surface area contributed by atoms with Crippen molar-refractivity contribution in [2.45, 2.75) is 0 Å². The predicted molar refractivity (Wildman–Crippen MR) is 61.3 cm³/mol. The van der Waals surface area contributed by atoms with Crippen LogP contribution in [0.4, 0.5) is 0 Å². The van der Waals surface area contributed by atoms with Gasteiger partial charge in [-0.25, -0.2) is 5.43 Å². The van der Waals surface area contributed by atoms with Crippen molar-refractivity contribution in [1.82, 2.24) is 20.4 Å². The molecular formula is C11H9N5O. The summed E-state index contributed by atoms with van der Waals surface area (Å²) >= 11 is 0. The van der Waals surface area contributed by atoms with Gasteiger partial charge in [-0.05, 0) is 12.1 Å². The Kier molecular flexibility index (Phi) is 3.49. The van der Waals surface area contributed by atoms with E-state index in [-0.39, 0.29) is 5.91 Å². The number of aromatic nitrogens is 3. The van der Waals surface area contributed by atoms with Crippen LogP contribution in [0.1, 0.15) is 16.1 Å². The van der Waals surface area contributed by atoms with Crippen LogP contribution >= 0.6 is 0 Å². The Hall–Kier alpha value is -2.63. The number of rotatable bonds is 3. The highest BCUT2D eigenvalue weighted by atomic mass is 16.2. The van der Waals surface area contributed by atoms with E-state index in [2.05, 4.69) is 25.5 Å². The highest BCUT2D eigenvalue weighted by Gasteiger charge is 2.02. The minimum Gasteiger partial charge on any atom is -0.267 e. The van der Waals surface area contributed by atoms with Gasteiger partial charge in [-0.1, -0.05) is 0 Å². The van der Waals surface area contributed by atoms with Crippen LogP contribution in [0.15, 0.2) is 48.2 Å². The molecule has 0 aliphatic heterocycles. The molecule has 0 unspecified atom stereocenters. The standard InChI is InChI=1S/C11H9N5O/c17-11(9-2-1-3-12-6-9)16-15-8-10-7-13-4-5-14-10/h1-8H,(H,16,17). The molecule has 6 heteroatoms. The maximum Gasteiger partial charge on any atom is 0.272 e. The second-order valence-electron chi connectivity index (χ2n) is 3.07. The lowest BCUT2D eigenvalue weighted by Gasteiger charge is -1.97. The van der Waals surface area contributed by atoms with Crippen molar-refractivity contribution in [2.75, 3.05) is 0 Å². The number of nitrogens with one attached hydrogen (secondary N) is 1. The lowest BCUT2D eigenvalue weighted by atomic mass is 10.3. The molecule has 2 aromatic rings. The zero-order valence-corrected chi connectivity index (χ0v) is 8.82. The molecule has 0 aliphatic rings. The van der Waals surface area contributed by atoms with Crippen molar-refractivity contribution in [3.63, 3.8) is 0 Å². The van der Waals surface area contributed by atoms with Gasteiger partial charge in [0.25, 0.3) is 5.91 Å². The summed E-state index contributed by atoms with van der Waals surface area (Å²) < 4.78 is 0. The molecule has 0 aliphatic carbocycles. The second-order valence-corrected chi connectivity index (χ2v) is 3.07. The number of nitrogens with zero attached hydrogens (tertiary/aromatic N) is 4. The summed E-state index contributed by atoms with van der Waals surface area (Å²) in [7, 11) is 0. The van der Waals surface area contributed by atoms with Gasteiger partial charge in [-0.3, -0.25) is 19.7 Å². The summed E-state index contributed by atoms with van der Waals surface area (Å²) in [6.07, 6.45) is 9.13. The molecular weight excluding hydrogens is 218 g/mol. The Labute approximate surface area is 97.5 Å². The molecule has 0 saturated heterocycles. The van der Waals surface area contributed by atoms with Crippen LogP contribution in [-0.2, 0) is 0 Å². The van der Waals surface area contributed by atoms with E-state index in [4.69, 9.17) is 0 Å². The summed E-state index contributed by atoms with van der Waals surface area (Å²) in [5.74, 6) is -0.321. The van der Waals surface area contributed by atoms with E-state index < -0.39 is 0 Å². The van der Waals surface area contributed by atoms with Crippen molar-refractivity contribution >= 4 is 12.1 Å². The maximum absolute atomic E-state index is 11.5. The minimum atomic E-state index is -0.321. The summed E-state index contributed by atoms with van der Waals surface area (Å²) in [5, 5.41) is 3.76. The number of hydrazone groups is 1. The van der Waals surface area contributed by atoms with Gasteiger partial charge in [0.05, 0.1) is 18.0 Å². The average molecular weight is 227 g/mol. The molecule has 2 aromatic heterocycles. The Balaban J connectivity index is 1.95. The Morgan fingerprint density at radius 1 is 1.24 bits per heavy atom. The molecule has 0 radical (unpaired) electrons. The average Bonchev–Trinajstić information content (AvgIpc) is 2.41. The fraction of sp³-hybridized carbons (Fsp3) is 0. The van der Waals surface area contributed by atoms with Gasteiger partial charge in [0.2, 0.25) is 0 Å². The monoisotopic (exact) mass is 227 g/mol. The number of hydrogen-bond donors (Lipinski definition) is 1. The molecule has 2 heterocycles. The molecule has 6 nitrogen and oxygen atoms in total. The van der Waals surface area contributed by atoms with Crippen LogP contribution in [0.2, 0.25) is 0 Å². The van der Waals surface area contributed by atoms with E-state index in [9.17, 15) is 4.79 Å². The topological polar surface area (TPSA) is 80.1 Å². The first-order valence-corrected chi connectivity index (χ1v) is 4.86. The Morgan fingerprint density at radius 2 is 2.12 bits per heavy atom. The van der Waals surface area contributed by atoms with Crippen LogP contribution in [-0.4, -0.2) is 27.1 Å². The van der Waals surface area contributed by atoms with E-state index in [1.807, 2.05) is 0 Å². The zero-order chi connectivity index (χ0) is 11.9. The summed E-state index contributed by atoms with van der Waals surface area (Å²) in [4.78, 5) is 23.2. The minimum absolute atomic E-state index is 0.321. The van der Waals surface area contributed by atoms with E-state index >= 15 is 0 Å². The quantitative estimate of drug-likeness (QED) is 0.616. The smallest absolute Gasteiger partial charge is 0.267 e. The Bertz CT molecular complexity index is 512. The van der Waals surface area contributed by atoms with Gasteiger partial charge in [0.15, 0.2) is 0 Å². The van der Waals surface area contributed by atoms with Crippen molar-refractivity contribution in [3.05, 3.63) is 54.4 Å². The lowest BCUT2D eigenvalue weighted by Crippen LogP contribution is -2.17. The van der Waals surface area contributed by atoms with E-state index in [1.54, 1.807) is 36.9 Å². The van der Waals surface area contributed by atoms with Crippen LogP contribution in [0.3, 0.4) is 0 Å². The van der Waals surface area contributed by atoms with Crippen molar-refractivity contribution in [1.29, 1.82) is 0 Å². The summed E-state index contributed by atoms with van der Waals surface area (Å²) in [5.41, 5.74) is 3.39. The molecule has 0 fully saturated rings. The van der Waals surface area contributed by atoms with Crippen LogP contribution in [0.5, 0.6) is 0 Å². The van der Waals surface area contributed by atoms with Gasteiger partial charge in [-0.15, -0.1) is 0 Å². The number of carbonyl (C=O) groups is 1. The zero-order valence-electron chi connectivity index (χ0n) is 8.82. The Morgan fingerprint density at radius 3 is 2.82 bits per heavy atom. The number of amides is 1. The number of hydrogen-bond acceptors (Lipinski definition) is 5. The number of pyridine rings is 1. The third-order valence-corrected chi connectivity index (χ3v) is 1.87. The fourth-order valence-corrected chi connectivity index (χ4v) is 1.10. The molecule has 1 N–H and O–H groups in total. The third-order valence-electron chi connectivity index (χ3n) is 1.87. The first-order valence-electron chi connectivity index (χ1n) is 4.86. The SMILES string of the molecule is O=C(NN=Cc1cnccn1)c1cccnc1. The van der Waals surface area contributed by atoms with Crippen molar-refractivity contribution < 1.29 is 4.79 Å². The van der Waals surface area contributed by atoms with Gasteiger partial charge in [-0.2, -0.15) is 5.10 Å².